The first-order chi connectivity index (χ1) is 15.8. The summed E-state index contributed by atoms with van der Waals surface area (Å²) in [5.74, 6) is -0.311. The van der Waals surface area contributed by atoms with Crippen LogP contribution in [0.2, 0.25) is 5.02 Å². The first kappa shape index (κ1) is 23.2. The average Bonchev–Trinajstić information content (AvgIpc) is 2.73. The lowest BCUT2D eigenvalue weighted by Gasteiger charge is -2.52. The molecule has 2 bridgehead atoms. The highest BCUT2D eigenvalue weighted by atomic mass is 35.5. The Bertz CT molecular complexity index is 1050. The number of carbonyl (C=O) groups is 2. The van der Waals surface area contributed by atoms with Crippen molar-refractivity contribution in [3.8, 4) is 0 Å². The van der Waals surface area contributed by atoms with E-state index in [-0.39, 0.29) is 23.8 Å². The number of carbonyl (C=O) groups excluding carboxylic acids is 2. The van der Waals surface area contributed by atoms with Gasteiger partial charge in [0.15, 0.2) is 0 Å². The molecule has 2 aromatic rings. The highest BCUT2D eigenvalue weighted by Gasteiger charge is 2.41. The third kappa shape index (κ3) is 5.71. The van der Waals surface area contributed by atoms with Crippen molar-refractivity contribution in [3.05, 3.63) is 70.5 Å². The molecule has 2 atom stereocenters. The van der Waals surface area contributed by atoms with Crippen LogP contribution < -0.4 is 11.1 Å². The minimum Gasteiger partial charge on any atom is -0.351 e. The number of amides is 3. The monoisotopic (exact) mass is 471 g/mol. The number of nitrogens with two attached hydrogens (primary N) is 1. The molecule has 7 nitrogen and oxygen atoms in total. The van der Waals surface area contributed by atoms with E-state index >= 15 is 0 Å². The fraction of sp³-hybridized carbons (Fsp3) is 0.333. The number of benzene rings is 2. The number of hydrogen-bond acceptors (Lipinski definition) is 4. The number of fused-ring (bicyclic) bond motifs is 2. The van der Waals surface area contributed by atoms with E-state index in [1.165, 1.54) is 18.2 Å². The van der Waals surface area contributed by atoms with Gasteiger partial charge in [-0.05, 0) is 48.5 Å². The van der Waals surface area contributed by atoms with Gasteiger partial charge in [-0.15, -0.1) is 0 Å². The van der Waals surface area contributed by atoms with Gasteiger partial charge in [0, 0.05) is 43.8 Å². The minimum absolute atomic E-state index is 0.0496. The van der Waals surface area contributed by atoms with Gasteiger partial charge in [0.25, 0.3) is 0 Å². The molecule has 0 spiro atoms. The summed E-state index contributed by atoms with van der Waals surface area (Å²) in [6, 6.07) is 11.0. The molecule has 0 saturated carbocycles. The van der Waals surface area contributed by atoms with Crippen LogP contribution in [0, 0.1) is 5.82 Å². The van der Waals surface area contributed by atoms with Crippen molar-refractivity contribution in [1.29, 1.82) is 0 Å². The Kier molecular flexibility index (Phi) is 6.97. The Morgan fingerprint density at radius 3 is 2.42 bits per heavy atom. The number of nitrogens with one attached hydrogen (secondary N) is 1. The summed E-state index contributed by atoms with van der Waals surface area (Å²) in [6.07, 6.45) is 3.21. The number of nitrogens with zero attached hydrogens (tertiary/aromatic N) is 3. The van der Waals surface area contributed by atoms with E-state index in [1.54, 1.807) is 36.4 Å². The second-order valence-electron chi connectivity index (χ2n) is 8.65. The Morgan fingerprint density at radius 2 is 1.79 bits per heavy atom. The quantitative estimate of drug-likeness (QED) is 0.657. The highest BCUT2D eigenvalue weighted by molar-refractivity contribution is 6.31. The Morgan fingerprint density at radius 1 is 1.12 bits per heavy atom. The van der Waals surface area contributed by atoms with E-state index < -0.39 is 6.03 Å². The van der Waals surface area contributed by atoms with Crippen molar-refractivity contribution >= 4 is 35.3 Å². The van der Waals surface area contributed by atoms with E-state index in [0.29, 0.717) is 16.3 Å². The van der Waals surface area contributed by atoms with Gasteiger partial charge in [0.2, 0.25) is 5.91 Å². The van der Waals surface area contributed by atoms with Gasteiger partial charge in [0.05, 0.1) is 17.8 Å². The Balaban J connectivity index is 1.48. The maximum atomic E-state index is 13.2. The smallest absolute Gasteiger partial charge is 0.316 e. The van der Waals surface area contributed by atoms with Gasteiger partial charge in [-0.25, -0.2) is 9.18 Å². The van der Waals surface area contributed by atoms with Crippen molar-refractivity contribution in [3.63, 3.8) is 0 Å². The minimum atomic E-state index is -0.701. The number of anilines is 1. The molecule has 9 heteroatoms. The lowest BCUT2D eigenvalue weighted by Crippen LogP contribution is -2.68. The van der Waals surface area contributed by atoms with Gasteiger partial charge in [-0.3, -0.25) is 9.69 Å². The molecule has 4 rings (SSSR count). The van der Waals surface area contributed by atoms with E-state index in [1.807, 2.05) is 4.90 Å². The van der Waals surface area contributed by atoms with E-state index in [2.05, 4.69) is 22.2 Å². The van der Waals surface area contributed by atoms with Gasteiger partial charge in [-0.1, -0.05) is 29.8 Å². The molecular weight excluding hydrogens is 445 g/mol. The van der Waals surface area contributed by atoms with Crippen LogP contribution in [0.15, 0.2) is 48.5 Å². The SMILES string of the molecule is CN1CC2CN(Cc3ccc(F)cc3)CC(C1)N2C(=O)/C=C/c1ccc(Cl)cc1NC(N)=O. The number of urea groups is 1. The molecule has 3 N–H and O–H groups in total. The van der Waals surface area contributed by atoms with Crippen molar-refractivity contribution in [2.75, 3.05) is 38.5 Å². The van der Waals surface area contributed by atoms with Gasteiger partial charge < -0.3 is 20.9 Å². The van der Waals surface area contributed by atoms with E-state index in [9.17, 15) is 14.0 Å². The van der Waals surface area contributed by atoms with Crippen LogP contribution in [0.4, 0.5) is 14.9 Å². The molecule has 0 aliphatic carbocycles. The second kappa shape index (κ2) is 9.91. The summed E-state index contributed by atoms with van der Waals surface area (Å²) in [6.45, 7) is 3.78. The van der Waals surface area contributed by atoms with Crippen LogP contribution in [0.25, 0.3) is 6.08 Å². The summed E-state index contributed by atoms with van der Waals surface area (Å²) in [5, 5.41) is 2.99. The maximum Gasteiger partial charge on any atom is 0.316 e. The lowest BCUT2D eigenvalue weighted by atomic mass is 9.99. The summed E-state index contributed by atoms with van der Waals surface area (Å²) < 4.78 is 13.2. The van der Waals surface area contributed by atoms with Crippen molar-refractivity contribution in [1.82, 2.24) is 14.7 Å². The van der Waals surface area contributed by atoms with Crippen LogP contribution in [-0.2, 0) is 11.3 Å². The van der Waals surface area contributed by atoms with Crippen LogP contribution >= 0.6 is 11.6 Å². The van der Waals surface area contributed by atoms with Crippen LogP contribution in [0.1, 0.15) is 11.1 Å². The number of piperazine rings is 2. The molecule has 2 fully saturated rings. The second-order valence-corrected chi connectivity index (χ2v) is 9.09. The predicted octanol–water partition coefficient (Wildman–Crippen LogP) is 3.01. The lowest BCUT2D eigenvalue weighted by molar-refractivity contribution is -0.140. The molecule has 2 heterocycles. The molecule has 2 unspecified atom stereocenters. The molecule has 2 aliphatic heterocycles. The molecule has 2 saturated heterocycles. The highest BCUT2D eigenvalue weighted by Crippen LogP contribution is 2.26. The topological polar surface area (TPSA) is 81.9 Å². The number of hydrogen-bond donors (Lipinski definition) is 2. The molecule has 2 aromatic carbocycles. The zero-order valence-corrected chi connectivity index (χ0v) is 19.1. The molecule has 0 aromatic heterocycles. The van der Waals surface area contributed by atoms with Crippen molar-refractivity contribution in [2.24, 2.45) is 5.73 Å². The van der Waals surface area contributed by atoms with Gasteiger partial charge in [0.1, 0.15) is 5.82 Å². The fourth-order valence-electron chi connectivity index (χ4n) is 4.73. The third-order valence-corrected chi connectivity index (χ3v) is 6.26. The molecule has 33 heavy (non-hydrogen) atoms. The summed E-state index contributed by atoms with van der Waals surface area (Å²) >= 11 is 6.02. The first-order valence-corrected chi connectivity index (χ1v) is 11.2. The van der Waals surface area contributed by atoms with Crippen LogP contribution in [0.5, 0.6) is 0 Å². The molecule has 174 valence electrons. The maximum absolute atomic E-state index is 13.2. The third-order valence-electron chi connectivity index (χ3n) is 6.02. The van der Waals surface area contributed by atoms with E-state index in [0.717, 1.165) is 38.3 Å². The number of halogens is 2. The van der Waals surface area contributed by atoms with E-state index in [4.69, 9.17) is 17.3 Å². The summed E-state index contributed by atoms with van der Waals surface area (Å²) in [4.78, 5) is 31.1. The molecular formula is C24H27ClFN5O2. The number of likely N-dealkylation sites (N-methyl/N-ethyl adjacent to an activating group) is 1. The zero-order chi connectivity index (χ0) is 23.5. The largest absolute Gasteiger partial charge is 0.351 e. The van der Waals surface area contributed by atoms with Crippen LogP contribution in [-0.4, -0.2) is 71.9 Å². The van der Waals surface area contributed by atoms with Crippen molar-refractivity contribution in [2.45, 2.75) is 18.6 Å². The Labute approximate surface area is 197 Å². The predicted molar refractivity (Wildman–Crippen MR) is 127 cm³/mol. The first-order valence-electron chi connectivity index (χ1n) is 10.8. The van der Waals surface area contributed by atoms with Gasteiger partial charge in [-0.2, -0.15) is 0 Å². The average molecular weight is 472 g/mol. The molecule has 0 radical (unpaired) electrons. The Hall–Kier alpha value is -2.94. The van der Waals surface area contributed by atoms with Crippen LogP contribution in [0.3, 0.4) is 0 Å². The molecule has 2 aliphatic rings. The van der Waals surface area contributed by atoms with Gasteiger partial charge >= 0.3 is 6.03 Å². The summed E-state index contributed by atoms with van der Waals surface area (Å²) in [7, 11) is 2.07. The number of rotatable bonds is 5. The summed E-state index contributed by atoms with van der Waals surface area (Å²) in [5.41, 5.74) is 7.39. The normalized spacial score (nSPS) is 21.4. The number of primary amides is 1. The molecule has 3 amide bonds. The standard InChI is InChI=1S/C24H27ClFN5O2/c1-29-12-20-14-30(11-16-2-7-19(26)8-3-16)15-21(13-29)31(20)23(32)9-5-17-4-6-18(25)10-22(17)28-24(27)33/h2-10,20-21H,11-15H2,1H3,(H3,27,28,33)/b9-5+. The van der Waals surface area contributed by atoms with Crippen molar-refractivity contribution < 1.29 is 14.0 Å². The zero-order valence-electron chi connectivity index (χ0n) is 18.4. The fourth-order valence-corrected chi connectivity index (χ4v) is 4.90.